The van der Waals surface area contributed by atoms with Crippen molar-refractivity contribution in [3.63, 3.8) is 0 Å². The second-order valence-corrected chi connectivity index (χ2v) is 7.75. The molecule has 0 aromatic heterocycles. The zero-order valence-electron chi connectivity index (χ0n) is 13.9. The molecule has 1 atom stereocenters. The van der Waals surface area contributed by atoms with Gasteiger partial charge in [-0.05, 0) is 38.0 Å². The van der Waals surface area contributed by atoms with Gasteiger partial charge in [-0.15, -0.1) is 0 Å². The summed E-state index contributed by atoms with van der Waals surface area (Å²) in [5.41, 5.74) is -0.116. The molecule has 1 aliphatic carbocycles. The van der Waals surface area contributed by atoms with Crippen LogP contribution in [0.15, 0.2) is 0 Å². The molecule has 0 radical (unpaired) electrons. The van der Waals surface area contributed by atoms with Gasteiger partial charge in [-0.3, -0.25) is 9.59 Å². The first-order valence-corrected chi connectivity index (χ1v) is 8.89. The molecule has 1 saturated carbocycles. The Kier molecular flexibility index (Phi) is 4.80. The minimum Gasteiger partial charge on any atom is -0.342 e. The Morgan fingerprint density at radius 2 is 1.96 bits per heavy atom. The topological polar surface area (TPSA) is 40.6 Å². The number of alkyl halides is 3. The molecular formula is C17H25F3N2O2. The van der Waals surface area contributed by atoms with Crippen molar-refractivity contribution in [2.24, 2.45) is 11.3 Å². The van der Waals surface area contributed by atoms with Gasteiger partial charge in [-0.2, -0.15) is 13.2 Å². The van der Waals surface area contributed by atoms with Crippen LogP contribution in [0.5, 0.6) is 0 Å². The highest BCUT2D eigenvalue weighted by atomic mass is 19.4. The van der Waals surface area contributed by atoms with Crippen molar-refractivity contribution in [3.05, 3.63) is 0 Å². The minimum atomic E-state index is -4.29. The van der Waals surface area contributed by atoms with Gasteiger partial charge < -0.3 is 9.80 Å². The van der Waals surface area contributed by atoms with Crippen LogP contribution in [0.2, 0.25) is 0 Å². The zero-order chi connectivity index (χ0) is 17.4. The summed E-state index contributed by atoms with van der Waals surface area (Å²) in [7, 11) is 0. The van der Waals surface area contributed by atoms with Crippen LogP contribution >= 0.6 is 0 Å². The van der Waals surface area contributed by atoms with Crippen molar-refractivity contribution in [3.8, 4) is 0 Å². The Bertz CT molecular complexity index is 505. The summed E-state index contributed by atoms with van der Waals surface area (Å²) in [5.74, 6) is 0.405. The molecule has 0 unspecified atom stereocenters. The van der Waals surface area contributed by atoms with Gasteiger partial charge in [-0.1, -0.05) is 0 Å². The van der Waals surface area contributed by atoms with Crippen LogP contribution in [0.25, 0.3) is 0 Å². The highest BCUT2D eigenvalue weighted by Crippen LogP contribution is 2.41. The van der Waals surface area contributed by atoms with Gasteiger partial charge in [0.2, 0.25) is 11.8 Å². The molecule has 2 saturated heterocycles. The predicted molar refractivity (Wildman–Crippen MR) is 82.1 cm³/mol. The molecule has 3 fully saturated rings. The van der Waals surface area contributed by atoms with Crippen LogP contribution in [0.4, 0.5) is 13.2 Å². The molecule has 0 aromatic carbocycles. The number of hydrogen-bond acceptors (Lipinski definition) is 2. The third-order valence-corrected chi connectivity index (χ3v) is 5.56. The summed E-state index contributed by atoms with van der Waals surface area (Å²) in [6.07, 6.45) is -0.452. The van der Waals surface area contributed by atoms with Gasteiger partial charge in [0.25, 0.3) is 0 Å². The number of amides is 2. The first kappa shape index (κ1) is 17.5. The van der Waals surface area contributed by atoms with Crippen LogP contribution in [0.3, 0.4) is 0 Å². The van der Waals surface area contributed by atoms with Crippen molar-refractivity contribution in [2.75, 3.05) is 26.2 Å². The van der Waals surface area contributed by atoms with Gasteiger partial charge in [-0.25, -0.2) is 0 Å². The second kappa shape index (κ2) is 6.56. The van der Waals surface area contributed by atoms with Crippen LogP contribution in [0, 0.1) is 11.3 Å². The van der Waals surface area contributed by atoms with Crippen molar-refractivity contribution in [2.45, 2.75) is 57.5 Å². The summed E-state index contributed by atoms with van der Waals surface area (Å²) in [6.45, 7) is 2.50. The van der Waals surface area contributed by atoms with Crippen molar-refractivity contribution < 1.29 is 22.8 Å². The van der Waals surface area contributed by atoms with Gasteiger partial charge in [0.1, 0.15) is 0 Å². The highest BCUT2D eigenvalue weighted by molar-refractivity contribution is 5.78. The van der Waals surface area contributed by atoms with E-state index in [2.05, 4.69) is 0 Å². The molecule has 2 heterocycles. The number of carbonyl (C=O) groups is 2. The number of hydrogen-bond donors (Lipinski definition) is 0. The Morgan fingerprint density at radius 3 is 2.62 bits per heavy atom. The van der Waals surface area contributed by atoms with E-state index in [1.807, 2.05) is 4.90 Å². The first-order valence-electron chi connectivity index (χ1n) is 8.89. The fraction of sp³-hybridized carbons (Fsp3) is 0.882. The lowest BCUT2D eigenvalue weighted by Crippen LogP contribution is -2.55. The lowest BCUT2D eigenvalue weighted by atomic mass is 9.73. The summed E-state index contributed by atoms with van der Waals surface area (Å²) < 4.78 is 37.0. The Hall–Kier alpha value is -1.27. The van der Waals surface area contributed by atoms with Gasteiger partial charge in [0.05, 0.1) is 6.42 Å². The maximum atomic E-state index is 12.3. The van der Waals surface area contributed by atoms with E-state index in [0.717, 1.165) is 25.8 Å². The van der Waals surface area contributed by atoms with E-state index in [1.54, 1.807) is 4.90 Å². The van der Waals surface area contributed by atoms with E-state index in [4.69, 9.17) is 0 Å². The SMILES string of the molecule is O=C(CCC(F)(F)F)N1CCC[C@]2(CCC(=O)N(CC3CC3)C2)C1. The number of carbonyl (C=O) groups excluding carboxylic acids is 2. The smallest absolute Gasteiger partial charge is 0.342 e. The van der Waals surface area contributed by atoms with Crippen LogP contribution in [-0.2, 0) is 9.59 Å². The molecule has 0 bridgehead atoms. The Labute approximate surface area is 140 Å². The number of nitrogens with zero attached hydrogens (tertiary/aromatic N) is 2. The van der Waals surface area contributed by atoms with Crippen molar-refractivity contribution in [1.29, 1.82) is 0 Å². The largest absolute Gasteiger partial charge is 0.389 e. The van der Waals surface area contributed by atoms with Gasteiger partial charge in [0.15, 0.2) is 0 Å². The molecule has 136 valence electrons. The van der Waals surface area contributed by atoms with Crippen LogP contribution in [0.1, 0.15) is 51.4 Å². The van der Waals surface area contributed by atoms with Gasteiger partial charge >= 0.3 is 6.18 Å². The first-order chi connectivity index (χ1) is 11.3. The van der Waals surface area contributed by atoms with Crippen molar-refractivity contribution in [1.82, 2.24) is 9.80 Å². The summed E-state index contributed by atoms with van der Waals surface area (Å²) in [4.78, 5) is 27.8. The highest BCUT2D eigenvalue weighted by Gasteiger charge is 2.44. The van der Waals surface area contributed by atoms with E-state index in [0.29, 0.717) is 32.0 Å². The molecule has 0 aromatic rings. The van der Waals surface area contributed by atoms with E-state index in [9.17, 15) is 22.8 Å². The number of halogens is 3. The summed E-state index contributed by atoms with van der Waals surface area (Å²) in [5, 5.41) is 0. The number of rotatable bonds is 4. The number of piperidine rings is 2. The third-order valence-electron chi connectivity index (χ3n) is 5.56. The van der Waals surface area contributed by atoms with Crippen LogP contribution < -0.4 is 0 Å². The molecule has 7 heteroatoms. The zero-order valence-corrected chi connectivity index (χ0v) is 13.9. The fourth-order valence-electron chi connectivity index (χ4n) is 4.04. The molecule has 3 rings (SSSR count). The van der Waals surface area contributed by atoms with E-state index in [-0.39, 0.29) is 11.3 Å². The Morgan fingerprint density at radius 1 is 1.21 bits per heavy atom. The molecule has 2 amide bonds. The second-order valence-electron chi connectivity index (χ2n) is 7.75. The standard InChI is InChI=1S/C17H25F3N2O2/c18-17(19,20)8-5-14(23)21-9-1-6-16(11-21)7-4-15(24)22(12-16)10-13-2-3-13/h13H,1-12H2/t16-/m0/s1. The van der Waals surface area contributed by atoms with E-state index < -0.39 is 24.9 Å². The molecule has 4 nitrogen and oxygen atoms in total. The maximum absolute atomic E-state index is 12.3. The molecule has 0 N–H and O–H groups in total. The molecule has 2 aliphatic heterocycles. The third kappa shape index (κ3) is 4.42. The molecule has 1 spiro atoms. The predicted octanol–water partition coefficient (Wildman–Crippen LogP) is 2.97. The fourth-order valence-corrected chi connectivity index (χ4v) is 4.04. The van der Waals surface area contributed by atoms with Crippen LogP contribution in [-0.4, -0.2) is 54.0 Å². The summed E-state index contributed by atoms with van der Waals surface area (Å²) in [6, 6.07) is 0. The average Bonchev–Trinajstić information content (AvgIpc) is 3.32. The quantitative estimate of drug-likeness (QED) is 0.785. The number of likely N-dealkylation sites (tertiary alicyclic amines) is 2. The lowest BCUT2D eigenvalue weighted by Gasteiger charge is -2.48. The molecular weight excluding hydrogens is 321 g/mol. The monoisotopic (exact) mass is 346 g/mol. The van der Waals surface area contributed by atoms with E-state index in [1.165, 1.54) is 12.8 Å². The lowest BCUT2D eigenvalue weighted by molar-refractivity contribution is -0.153. The maximum Gasteiger partial charge on any atom is 0.389 e. The summed E-state index contributed by atoms with van der Waals surface area (Å²) >= 11 is 0. The Balaban J connectivity index is 1.59. The molecule has 24 heavy (non-hydrogen) atoms. The van der Waals surface area contributed by atoms with E-state index >= 15 is 0 Å². The average molecular weight is 346 g/mol. The van der Waals surface area contributed by atoms with Crippen molar-refractivity contribution >= 4 is 11.8 Å². The van der Waals surface area contributed by atoms with Gasteiger partial charge in [0, 0.05) is 44.4 Å². The minimum absolute atomic E-state index is 0.116. The normalized spacial score (nSPS) is 28.5. The molecule has 3 aliphatic rings.